The van der Waals surface area contributed by atoms with Gasteiger partial charge in [0.1, 0.15) is 11.9 Å². The first-order valence-corrected chi connectivity index (χ1v) is 14.6. The maximum atomic E-state index is 13.3. The first kappa shape index (κ1) is 25.3. The first-order chi connectivity index (χ1) is 18.6. The number of fused-ring (bicyclic) bond motifs is 2. The fourth-order valence-corrected chi connectivity index (χ4v) is 6.59. The molecule has 0 radical (unpaired) electrons. The molecule has 0 spiro atoms. The van der Waals surface area contributed by atoms with E-state index >= 15 is 0 Å². The van der Waals surface area contributed by atoms with Crippen molar-refractivity contribution in [3.05, 3.63) is 126 Å². The second kappa shape index (κ2) is 9.31. The highest BCUT2D eigenvalue weighted by Gasteiger charge is 2.38. The Labute approximate surface area is 230 Å². The number of benzene rings is 4. The van der Waals surface area contributed by atoms with E-state index in [1.165, 1.54) is 0 Å². The molecule has 1 N–H and O–H groups in total. The maximum absolute atomic E-state index is 13.3. The maximum Gasteiger partial charge on any atom is 0.261 e. The van der Waals surface area contributed by atoms with E-state index in [4.69, 9.17) is 4.74 Å². The number of para-hydroxylation sites is 1. The third-order valence-electron chi connectivity index (χ3n) is 7.58. The molecule has 0 saturated heterocycles. The van der Waals surface area contributed by atoms with Gasteiger partial charge < -0.3 is 9.30 Å². The summed E-state index contributed by atoms with van der Waals surface area (Å²) < 4.78 is 38.1. The third kappa shape index (κ3) is 4.59. The fourth-order valence-electron chi connectivity index (χ4n) is 5.54. The number of nitrogens with zero attached hydrogens (tertiary/aromatic N) is 1. The Kier molecular flexibility index (Phi) is 6.03. The molecule has 0 unspecified atom stereocenters. The van der Waals surface area contributed by atoms with E-state index in [0.29, 0.717) is 5.69 Å². The molecule has 1 aromatic heterocycles. The topological polar surface area (TPSA) is 60.3 Å². The van der Waals surface area contributed by atoms with E-state index in [1.54, 1.807) is 18.2 Å². The lowest BCUT2D eigenvalue weighted by Crippen LogP contribution is -2.15. The molecule has 0 bridgehead atoms. The Morgan fingerprint density at radius 3 is 2.23 bits per heavy atom. The normalized spacial score (nSPS) is 17.1. The van der Waals surface area contributed by atoms with E-state index in [1.807, 2.05) is 61.6 Å². The fraction of sp³-hybridized carbons (Fsp3) is 0.212. The standard InChI is InChI=1S/C33H32N2O3S/c1-33(2,3)23-14-17-25(18-15-23)39(36,37)34-24-16-19-30-27(20-24)31(22-10-6-5-7-11-22)32(38-30)28-21-35(4)29-13-9-8-12-26(28)29/h5-21,31-32,34H,1-4H3/t31-,32+/m0/s1. The molecule has 1 aliphatic heterocycles. The summed E-state index contributed by atoms with van der Waals surface area (Å²) in [5.74, 6) is 0.668. The van der Waals surface area contributed by atoms with Crippen LogP contribution in [0.4, 0.5) is 5.69 Å². The van der Waals surface area contributed by atoms with Crippen LogP contribution in [0.1, 0.15) is 55.0 Å². The quantitative estimate of drug-likeness (QED) is 0.252. The number of sulfonamides is 1. The van der Waals surface area contributed by atoms with Crippen LogP contribution in [0.25, 0.3) is 10.9 Å². The molecule has 5 aromatic rings. The second-order valence-corrected chi connectivity index (χ2v) is 13.0. The highest BCUT2D eigenvalue weighted by molar-refractivity contribution is 7.92. The van der Waals surface area contributed by atoms with Gasteiger partial charge in [-0.2, -0.15) is 0 Å². The van der Waals surface area contributed by atoms with Gasteiger partial charge in [0.15, 0.2) is 0 Å². The zero-order valence-corrected chi connectivity index (χ0v) is 23.4. The van der Waals surface area contributed by atoms with E-state index in [9.17, 15) is 8.42 Å². The van der Waals surface area contributed by atoms with Crippen molar-refractivity contribution in [1.82, 2.24) is 4.57 Å². The van der Waals surface area contributed by atoms with Crippen LogP contribution >= 0.6 is 0 Å². The number of ether oxygens (including phenoxy) is 1. The molecule has 5 nitrogen and oxygen atoms in total. The van der Waals surface area contributed by atoms with Gasteiger partial charge in [-0.05, 0) is 52.9 Å². The molecule has 0 amide bonds. The number of rotatable bonds is 5. The number of hydrogen-bond donors (Lipinski definition) is 1. The van der Waals surface area contributed by atoms with Gasteiger partial charge in [-0.25, -0.2) is 8.42 Å². The summed E-state index contributed by atoms with van der Waals surface area (Å²) >= 11 is 0. The number of aromatic nitrogens is 1. The highest BCUT2D eigenvalue weighted by atomic mass is 32.2. The van der Waals surface area contributed by atoms with Crippen LogP contribution in [0.5, 0.6) is 5.75 Å². The Bertz CT molecular complexity index is 1770. The molecule has 0 saturated carbocycles. The molecular weight excluding hydrogens is 504 g/mol. The van der Waals surface area contributed by atoms with Crippen LogP contribution in [0, 0.1) is 0 Å². The molecular formula is C33H32N2O3S. The Morgan fingerprint density at radius 2 is 1.51 bits per heavy atom. The summed E-state index contributed by atoms with van der Waals surface area (Å²) in [6, 6.07) is 31.3. The van der Waals surface area contributed by atoms with Crippen molar-refractivity contribution in [3.8, 4) is 5.75 Å². The summed E-state index contributed by atoms with van der Waals surface area (Å²) in [6.45, 7) is 6.32. The molecule has 0 fully saturated rings. The number of hydrogen-bond acceptors (Lipinski definition) is 3. The van der Waals surface area contributed by atoms with Crippen LogP contribution < -0.4 is 9.46 Å². The molecule has 6 rings (SSSR count). The molecule has 2 atom stereocenters. The van der Waals surface area contributed by atoms with Gasteiger partial charge in [0.2, 0.25) is 0 Å². The summed E-state index contributed by atoms with van der Waals surface area (Å²) in [5.41, 5.74) is 5.87. The average Bonchev–Trinajstić information content (AvgIpc) is 3.46. The minimum atomic E-state index is -3.76. The van der Waals surface area contributed by atoms with Crippen LogP contribution in [0.2, 0.25) is 0 Å². The molecule has 0 aliphatic carbocycles. The largest absolute Gasteiger partial charge is 0.484 e. The lowest BCUT2D eigenvalue weighted by atomic mass is 9.85. The van der Waals surface area contributed by atoms with Crippen molar-refractivity contribution in [1.29, 1.82) is 0 Å². The Hall–Kier alpha value is -4.03. The summed E-state index contributed by atoms with van der Waals surface area (Å²) in [4.78, 5) is 0.237. The zero-order valence-electron chi connectivity index (χ0n) is 22.5. The molecule has 1 aliphatic rings. The smallest absolute Gasteiger partial charge is 0.261 e. The Morgan fingerprint density at radius 1 is 0.821 bits per heavy atom. The summed E-state index contributed by atoms with van der Waals surface area (Å²) in [7, 11) is -1.71. The van der Waals surface area contributed by atoms with Gasteiger partial charge in [0, 0.05) is 41.0 Å². The zero-order chi connectivity index (χ0) is 27.4. The predicted octanol–water partition coefficient (Wildman–Crippen LogP) is 7.54. The predicted molar refractivity (Wildman–Crippen MR) is 157 cm³/mol. The second-order valence-electron chi connectivity index (χ2n) is 11.3. The van der Waals surface area contributed by atoms with Crippen LogP contribution in [0.15, 0.2) is 108 Å². The third-order valence-corrected chi connectivity index (χ3v) is 8.97. The van der Waals surface area contributed by atoms with Crippen LogP contribution in [-0.4, -0.2) is 13.0 Å². The van der Waals surface area contributed by atoms with Crippen molar-refractivity contribution in [2.24, 2.45) is 7.05 Å². The Balaban J connectivity index is 1.38. The van der Waals surface area contributed by atoms with Gasteiger partial charge in [-0.1, -0.05) is 81.4 Å². The van der Waals surface area contributed by atoms with E-state index < -0.39 is 10.0 Å². The van der Waals surface area contributed by atoms with E-state index in [-0.39, 0.29) is 22.3 Å². The van der Waals surface area contributed by atoms with Crippen molar-refractivity contribution < 1.29 is 13.2 Å². The van der Waals surface area contributed by atoms with Crippen molar-refractivity contribution in [2.75, 3.05) is 4.72 Å². The number of nitrogens with one attached hydrogen (secondary N) is 1. The van der Waals surface area contributed by atoms with E-state index in [2.05, 4.69) is 60.5 Å². The van der Waals surface area contributed by atoms with Crippen LogP contribution in [0.3, 0.4) is 0 Å². The van der Waals surface area contributed by atoms with Gasteiger partial charge in [-0.3, -0.25) is 4.72 Å². The summed E-state index contributed by atoms with van der Waals surface area (Å²) in [6.07, 6.45) is 1.90. The highest BCUT2D eigenvalue weighted by Crippen LogP contribution is 2.51. The van der Waals surface area contributed by atoms with Gasteiger partial charge in [0.25, 0.3) is 10.0 Å². The molecule has 6 heteroatoms. The minimum Gasteiger partial charge on any atom is -0.484 e. The van der Waals surface area contributed by atoms with Gasteiger partial charge in [0.05, 0.1) is 10.8 Å². The van der Waals surface area contributed by atoms with Crippen molar-refractivity contribution in [3.63, 3.8) is 0 Å². The van der Waals surface area contributed by atoms with Crippen LogP contribution in [-0.2, 0) is 22.5 Å². The molecule has 39 heavy (non-hydrogen) atoms. The first-order valence-electron chi connectivity index (χ1n) is 13.1. The minimum absolute atomic E-state index is 0.0528. The molecule has 4 aromatic carbocycles. The lowest BCUT2D eigenvalue weighted by molar-refractivity contribution is 0.224. The molecule has 2 heterocycles. The summed E-state index contributed by atoms with van der Waals surface area (Å²) in [5, 5.41) is 1.15. The average molecular weight is 537 g/mol. The van der Waals surface area contributed by atoms with Gasteiger partial charge >= 0.3 is 0 Å². The van der Waals surface area contributed by atoms with Gasteiger partial charge in [-0.15, -0.1) is 0 Å². The number of anilines is 1. The van der Waals surface area contributed by atoms with E-state index in [0.717, 1.165) is 38.9 Å². The molecule has 198 valence electrons. The van der Waals surface area contributed by atoms with Crippen molar-refractivity contribution in [2.45, 2.75) is 43.1 Å². The lowest BCUT2D eigenvalue weighted by Gasteiger charge is -2.20. The van der Waals surface area contributed by atoms with Crippen molar-refractivity contribution >= 4 is 26.6 Å². The SMILES string of the molecule is Cn1cc([C@H]2Oc3ccc(NS(=O)(=O)c4ccc(C(C)(C)C)cc4)cc3[C@@H]2c2ccccc2)c2ccccc21. The monoisotopic (exact) mass is 536 g/mol. The number of aryl methyl sites for hydroxylation is 1.